The van der Waals surface area contributed by atoms with Crippen LogP contribution in [-0.2, 0) is 11.3 Å². The van der Waals surface area contributed by atoms with Crippen LogP contribution in [0.2, 0.25) is 0 Å². The Balaban J connectivity index is 1.58. The smallest absolute Gasteiger partial charge is 0.258 e. The van der Waals surface area contributed by atoms with Crippen molar-refractivity contribution in [3.63, 3.8) is 0 Å². The maximum absolute atomic E-state index is 12.1. The number of aryl methyl sites for hydroxylation is 1. The van der Waals surface area contributed by atoms with Crippen molar-refractivity contribution in [1.29, 1.82) is 0 Å². The summed E-state index contributed by atoms with van der Waals surface area (Å²) in [6.45, 7) is 5.85. The van der Waals surface area contributed by atoms with Crippen LogP contribution < -0.4 is 15.4 Å². The summed E-state index contributed by atoms with van der Waals surface area (Å²) in [5.41, 5.74) is 1.85. The fourth-order valence-corrected chi connectivity index (χ4v) is 3.14. The van der Waals surface area contributed by atoms with Gasteiger partial charge in [0.25, 0.3) is 5.91 Å². The first-order valence-electron chi connectivity index (χ1n) is 9.58. The van der Waals surface area contributed by atoms with Gasteiger partial charge in [0.1, 0.15) is 11.6 Å². The summed E-state index contributed by atoms with van der Waals surface area (Å²) in [6.07, 6.45) is 4.71. The van der Waals surface area contributed by atoms with Crippen LogP contribution in [0.3, 0.4) is 0 Å². The summed E-state index contributed by atoms with van der Waals surface area (Å²) in [5, 5.41) is 12.2. The van der Waals surface area contributed by atoms with Gasteiger partial charge in [0.15, 0.2) is 17.4 Å². The number of rotatable bonds is 10. The molecular weight excluding hydrogens is 388 g/mol. The van der Waals surface area contributed by atoms with E-state index < -0.39 is 0 Å². The van der Waals surface area contributed by atoms with Crippen LogP contribution in [0, 0.1) is 6.92 Å². The van der Waals surface area contributed by atoms with E-state index in [1.807, 2.05) is 37.4 Å². The molecule has 0 radical (unpaired) electrons. The topological polar surface area (TPSA) is 94.0 Å². The van der Waals surface area contributed by atoms with E-state index >= 15 is 0 Å². The summed E-state index contributed by atoms with van der Waals surface area (Å²) in [6, 6.07) is 7.62. The fourth-order valence-electron chi connectivity index (χ4n) is 2.77. The number of ether oxygens (including phenoxy) is 1. The molecule has 0 spiro atoms. The molecule has 8 nitrogen and oxygen atoms in total. The number of carbonyl (C=O) groups excluding carboxylic acids is 1. The molecule has 2 N–H and O–H groups in total. The Bertz CT molecular complexity index is 975. The van der Waals surface area contributed by atoms with E-state index in [0.29, 0.717) is 24.0 Å². The number of nitrogens with zero attached hydrogens (tertiary/aromatic N) is 4. The van der Waals surface area contributed by atoms with Crippen molar-refractivity contribution >= 4 is 34.5 Å². The number of aromatic nitrogens is 4. The first-order valence-corrected chi connectivity index (χ1v) is 10.8. The van der Waals surface area contributed by atoms with E-state index in [2.05, 4.69) is 32.6 Å². The Morgan fingerprint density at radius 3 is 2.90 bits per heavy atom. The minimum absolute atomic E-state index is 0.0206. The fraction of sp³-hybridized carbons (Fsp3) is 0.400. The van der Waals surface area contributed by atoms with Crippen molar-refractivity contribution in [2.75, 3.05) is 31.3 Å². The molecule has 2 heterocycles. The van der Waals surface area contributed by atoms with Gasteiger partial charge in [0.05, 0.1) is 18.1 Å². The number of amides is 1. The summed E-state index contributed by atoms with van der Waals surface area (Å²) >= 11 is 1.49. The number of thioether (sulfide) groups is 1. The maximum atomic E-state index is 12.1. The second-order valence-corrected chi connectivity index (χ2v) is 7.32. The molecule has 1 amide bonds. The first-order chi connectivity index (χ1) is 14.1. The van der Waals surface area contributed by atoms with Crippen molar-refractivity contribution in [1.82, 2.24) is 25.1 Å². The number of benzene rings is 1. The van der Waals surface area contributed by atoms with Crippen molar-refractivity contribution < 1.29 is 9.53 Å². The SMILES string of the molecule is CCCNc1nc(SC)nc2c1cnn2CCNC(=O)COc1cccc(C)c1. The lowest BCUT2D eigenvalue weighted by Gasteiger charge is -2.09. The van der Waals surface area contributed by atoms with Gasteiger partial charge >= 0.3 is 0 Å². The van der Waals surface area contributed by atoms with E-state index in [0.717, 1.165) is 35.4 Å². The first kappa shape index (κ1) is 20.9. The van der Waals surface area contributed by atoms with Crippen molar-refractivity contribution in [3.05, 3.63) is 36.0 Å². The molecule has 0 saturated carbocycles. The molecule has 3 aromatic rings. The average Bonchev–Trinajstić information content (AvgIpc) is 3.13. The second kappa shape index (κ2) is 10.1. The van der Waals surface area contributed by atoms with Gasteiger partial charge in [-0.25, -0.2) is 14.6 Å². The Kier molecular flexibility index (Phi) is 7.29. The van der Waals surface area contributed by atoms with Crippen LogP contribution >= 0.6 is 11.8 Å². The molecule has 0 aliphatic heterocycles. The third-order valence-electron chi connectivity index (χ3n) is 4.21. The lowest BCUT2D eigenvalue weighted by molar-refractivity contribution is -0.123. The van der Waals surface area contributed by atoms with Gasteiger partial charge in [-0.2, -0.15) is 5.10 Å². The summed E-state index contributed by atoms with van der Waals surface area (Å²) < 4.78 is 7.31. The molecule has 0 bridgehead atoms. The molecule has 3 rings (SSSR count). The van der Waals surface area contributed by atoms with Gasteiger partial charge in [-0.1, -0.05) is 30.8 Å². The van der Waals surface area contributed by atoms with E-state index in [-0.39, 0.29) is 12.5 Å². The van der Waals surface area contributed by atoms with E-state index in [4.69, 9.17) is 4.74 Å². The molecule has 9 heteroatoms. The minimum Gasteiger partial charge on any atom is -0.484 e. The highest BCUT2D eigenvalue weighted by Crippen LogP contribution is 2.23. The van der Waals surface area contributed by atoms with Gasteiger partial charge in [-0.15, -0.1) is 0 Å². The molecule has 0 aliphatic carbocycles. The standard InChI is InChI=1S/C20H26N6O2S/c1-4-8-22-18-16-12-23-26(19(16)25-20(24-18)29-3)10-9-21-17(27)13-28-15-7-5-6-14(2)11-15/h5-7,11-12H,4,8-10,13H2,1-3H3,(H,21,27)(H,22,24,25). The number of hydrogen-bond donors (Lipinski definition) is 2. The highest BCUT2D eigenvalue weighted by molar-refractivity contribution is 7.98. The van der Waals surface area contributed by atoms with Crippen LogP contribution in [0.15, 0.2) is 35.6 Å². The predicted molar refractivity (Wildman–Crippen MR) is 116 cm³/mol. The maximum Gasteiger partial charge on any atom is 0.258 e. The van der Waals surface area contributed by atoms with Crippen LogP contribution in [-0.4, -0.2) is 51.6 Å². The Hall–Kier alpha value is -2.81. The van der Waals surface area contributed by atoms with Gasteiger partial charge in [0, 0.05) is 13.1 Å². The van der Waals surface area contributed by atoms with E-state index in [1.165, 1.54) is 11.8 Å². The van der Waals surface area contributed by atoms with Gasteiger partial charge < -0.3 is 15.4 Å². The molecule has 0 saturated heterocycles. The summed E-state index contributed by atoms with van der Waals surface area (Å²) in [7, 11) is 0. The molecule has 1 aromatic carbocycles. The quantitative estimate of drug-likeness (QED) is 0.389. The Morgan fingerprint density at radius 2 is 2.14 bits per heavy atom. The summed E-state index contributed by atoms with van der Waals surface area (Å²) in [4.78, 5) is 21.2. The number of hydrogen-bond acceptors (Lipinski definition) is 7. The Labute approximate surface area is 174 Å². The normalized spacial score (nSPS) is 10.9. The molecule has 0 unspecified atom stereocenters. The number of anilines is 1. The molecule has 0 fully saturated rings. The lowest BCUT2D eigenvalue weighted by Crippen LogP contribution is -2.31. The van der Waals surface area contributed by atoms with Gasteiger partial charge in [-0.3, -0.25) is 4.79 Å². The minimum atomic E-state index is -0.173. The molecule has 2 aromatic heterocycles. The molecule has 29 heavy (non-hydrogen) atoms. The lowest BCUT2D eigenvalue weighted by atomic mass is 10.2. The molecule has 0 atom stereocenters. The average molecular weight is 415 g/mol. The highest BCUT2D eigenvalue weighted by Gasteiger charge is 2.13. The van der Waals surface area contributed by atoms with Crippen molar-refractivity contribution in [2.24, 2.45) is 0 Å². The molecule has 0 aliphatic rings. The largest absolute Gasteiger partial charge is 0.484 e. The van der Waals surface area contributed by atoms with Crippen LogP contribution in [0.1, 0.15) is 18.9 Å². The number of carbonyl (C=O) groups is 1. The van der Waals surface area contributed by atoms with E-state index in [9.17, 15) is 4.79 Å². The summed E-state index contributed by atoms with van der Waals surface area (Å²) in [5.74, 6) is 1.31. The third kappa shape index (κ3) is 5.60. The third-order valence-corrected chi connectivity index (χ3v) is 4.75. The Morgan fingerprint density at radius 1 is 1.28 bits per heavy atom. The second-order valence-electron chi connectivity index (χ2n) is 6.55. The zero-order valence-corrected chi connectivity index (χ0v) is 17.8. The molecule has 154 valence electrons. The zero-order chi connectivity index (χ0) is 20.6. The van der Waals surface area contributed by atoms with Crippen LogP contribution in [0.4, 0.5) is 5.82 Å². The van der Waals surface area contributed by atoms with Gasteiger partial charge in [0.2, 0.25) is 0 Å². The monoisotopic (exact) mass is 414 g/mol. The number of fused-ring (bicyclic) bond motifs is 1. The highest BCUT2D eigenvalue weighted by atomic mass is 32.2. The van der Waals surface area contributed by atoms with Crippen LogP contribution in [0.25, 0.3) is 11.0 Å². The van der Waals surface area contributed by atoms with Gasteiger partial charge in [-0.05, 0) is 37.3 Å². The molecular formula is C20H26N6O2S. The number of nitrogens with one attached hydrogen (secondary N) is 2. The van der Waals surface area contributed by atoms with Crippen molar-refractivity contribution in [3.8, 4) is 5.75 Å². The van der Waals surface area contributed by atoms with E-state index in [1.54, 1.807) is 10.9 Å². The zero-order valence-electron chi connectivity index (χ0n) is 16.9. The predicted octanol–water partition coefficient (Wildman–Crippen LogP) is 2.87. The van der Waals surface area contributed by atoms with Crippen LogP contribution in [0.5, 0.6) is 5.75 Å². The van der Waals surface area contributed by atoms with Crippen molar-refractivity contribution in [2.45, 2.75) is 32.0 Å².